The van der Waals surface area contributed by atoms with E-state index < -0.39 is 0 Å². The molecule has 0 unspecified atom stereocenters. The van der Waals surface area contributed by atoms with Crippen molar-refractivity contribution in [2.45, 2.75) is 32.1 Å². The summed E-state index contributed by atoms with van der Waals surface area (Å²) in [6.07, 6.45) is 14.6. The van der Waals surface area contributed by atoms with Crippen molar-refractivity contribution < 1.29 is 0 Å². The van der Waals surface area contributed by atoms with Gasteiger partial charge < -0.3 is 0 Å². The van der Waals surface area contributed by atoms with E-state index >= 15 is 0 Å². The Bertz CT molecular complexity index is 441. The van der Waals surface area contributed by atoms with Crippen molar-refractivity contribution in [3.05, 3.63) is 46.8 Å². The van der Waals surface area contributed by atoms with Crippen molar-refractivity contribution in [2.75, 3.05) is 0 Å². The first-order chi connectivity index (χ1) is 7.43. The molecule has 1 heterocycles. The number of hydrogen-bond acceptors (Lipinski definition) is 1. The highest BCUT2D eigenvalue weighted by atomic mass is 14.7. The molecule has 0 N–H and O–H groups in total. The maximum atomic E-state index is 4.81. The molecule has 0 aromatic carbocycles. The number of hydrogen-bond donors (Lipinski definition) is 0. The molecule has 1 nitrogen and oxygen atoms in total. The molecule has 2 aliphatic carbocycles. The number of aryl methyl sites for hydroxylation is 2. The minimum Gasteiger partial charge on any atom is -0.257 e. The lowest BCUT2D eigenvalue weighted by atomic mass is 9.93. The lowest BCUT2D eigenvalue weighted by molar-refractivity contribution is 0.664. The second kappa shape index (κ2) is 3.65. The fourth-order valence-electron chi connectivity index (χ4n) is 2.42. The van der Waals surface area contributed by atoms with Gasteiger partial charge >= 0.3 is 0 Å². The van der Waals surface area contributed by atoms with Gasteiger partial charge in [0.2, 0.25) is 0 Å². The van der Waals surface area contributed by atoms with Crippen LogP contribution >= 0.6 is 0 Å². The topological polar surface area (TPSA) is 12.9 Å². The highest BCUT2D eigenvalue weighted by molar-refractivity contribution is 5.57. The number of rotatable bonds is 0. The number of fused-ring (bicyclic) bond motifs is 2. The summed E-state index contributed by atoms with van der Waals surface area (Å²) in [5.41, 5.74) is 5.40. The summed E-state index contributed by atoms with van der Waals surface area (Å²) in [6, 6.07) is 2.35. The third kappa shape index (κ3) is 1.63. The van der Waals surface area contributed by atoms with Gasteiger partial charge in [-0.25, -0.2) is 0 Å². The van der Waals surface area contributed by atoms with Crippen LogP contribution in [0.2, 0.25) is 0 Å². The Morgan fingerprint density at radius 1 is 1.00 bits per heavy atom. The summed E-state index contributed by atoms with van der Waals surface area (Å²) >= 11 is 0. The zero-order chi connectivity index (χ0) is 10.1. The predicted molar refractivity (Wildman–Crippen MR) is 62.8 cm³/mol. The number of pyridine rings is 1. The van der Waals surface area contributed by atoms with Crippen LogP contribution in [-0.2, 0) is 19.3 Å². The quantitative estimate of drug-likeness (QED) is 0.623. The molecule has 1 heteroatoms. The van der Waals surface area contributed by atoms with Crippen LogP contribution in [0, 0.1) is 0 Å². The first-order valence-corrected chi connectivity index (χ1v) is 5.78. The number of aromatic nitrogens is 1. The largest absolute Gasteiger partial charge is 0.257 e. The van der Waals surface area contributed by atoms with E-state index in [-0.39, 0.29) is 0 Å². The highest BCUT2D eigenvalue weighted by Gasteiger charge is 2.13. The molecule has 1 aromatic rings. The zero-order valence-electron chi connectivity index (χ0n) is 8.87. The van der Waals surface area contributed by atoms with Gasteiger partial charge in [0.1, 0.15) is 0 Å². The third-order valence-corrected chi connectivity index (χ3v) is 3.25. The van der Waals surface area contributed by atoms with Gasteiger partial charge in [-0.05, 0) is 42.9 Å². The second-order valence-corrected chi connectivity index (χ2v) is 4.33. The van der Waals surface area contributed by atoms with Crippen LogP contribution in [0.5, 0.6) is 0 Å². The molecule has 1 aromatic heterocycles. The van der Waals surface area contributed by atoms with Crippen LogP contribution in [-0.4, -0.2) is 4.98 Å². The first kappa shape index (κ1) is 8.90. The van der Waals surface area contributed by atoms with Crippen molar-refractivity contribution in [3.63, 3.8) is 0 Å². The highest BCUT2D eigenvalue weighted by Crippen LogP contribution is 2.24. The SMILES string of the molecule is C1=CCc2nc3c(cc2C=C1)CCCC3. The molecule has 0 spiro atoms. The van der Waals surface area contributed by atoms with Gasteiger partial charge in [0.15, 0.2) is 0 Å². The van der Waals surface area contributed by atoms with E-state index in [0.717, 1.165) is 6.42 Å². The summed E-state index contributed by atoms with van der Waals surface area (Å²) in [6.45, 7) is 0. The first-order valence-electron chi connectivity index (χ1n) is 5.78. The smallest absolute Gasteiger partial charge is 0.0517 e. The van der Waals surface area contributed by atoms with Crippen LogP contribution in [0.1, 0.15) is 35.4 Å². The lowest BCUT2D eigenvalue weighted by Gasteiger charge is -2.17. The van der Waals surface area contributed by atoms with E-state index in [9.17, 15) is 0 Å². The second-order valence-electron chi connectivity index (χ2n) is 4.33. The van der Waals surface area contributed by atoms with Crippen LogP contribution in [0.15, 0.2) is 24.3 Å². The van der Waals surface area contributed by atoms with Crippen molar-refractivity contribution in [3.8, 4) is 0 Å². The lowest BCUT2D eigenvalue weighted by Crippen LogP contribution is -2.08. The fourth-order valence-corrected chi connectivity index (χ4v) is 2.42. The van der Waals surface area contributed by atoms with Gasteiger partial charge in [0, 0.05) is 12.1 Å². The molecule has 0 fully saturated rings. The number of allylic oxidation sites excluding steroid dienone is 3. The minimum absolute atomic E-state index is 0.982. The molecule has 0 radical (unpaired) electrons. The molecule has 15 heavy (non-hydrogen) atoms. The van der Waals surface area contributed by atoms with Gasteiger partial charge in [-0.1, -0.05) is 24.3 Å². The molecular formula is C14H15N. The predicted octanol–water partition coefficient (Wildman–Crippen LogP) is 3.09. The van der Waals surface area contributed by atoms with Crippen molar-refractivity contribution in [1.82, 2.24) is 4.98 Å². The molecule has 3 rings (SSSR count). The molecular weight excluding hydrogens is 182 g/mol. The summed E-state index contributed by atoms with van der Waals surface area (Å²) in [5.74, 6) is 0. The Morgan fingerprint density at radius 3 is 2.93 bits per heavy atom. The van der Waals surface area contributed by atoms with E-state index in [0.29, 0.717) is 0 Å². The summed E-state index contributed by atoms with van der Waals surface area (Å²) < 4.78 is 0. The standard InChI is InChI=1S/C14H15N/c1-2-6-11-10-12-7-4-5-9-14(12)15-13(11)8-3-1/h1-3,6,10H,4-5,7-9H2. The normalized spacial score (nSPS) is 18.1. The Balaban J connectivity index is 2.11. The van der Waals surface area contributed by atoms with Gasteiger partial charge in [0.05, 0.1) is 5.69 Å². The van der Waals surface area contributed by atoms with E-state index in [2.05, 4.69) is 30.4 Å². The summed E-state index contributed by atoms with van der Waals surface area (Å²) in [7, 11) is 0. The molecule has 0 bridgehead atoms. The average molecular weight is 197 g/mol. The van der Waals surface area contributed by atoms with Gasteiger partial charge in [-0.3, -0.25) is 4.98 Å². The summed E-state index contributed by atoms with van der Waals surface area (Å²) in [4.78, 5) is 4.81. The van der Waals surface area contributed by atoms with Crippen LogP contribution in [0.4, 0.5) is 0 Å². The monoisotopic (exact) mass is 197 g/mol. The fraction of sp³-hybridized carbons (Fsp3) is 0.357. The molecule has 0 amide bonds. The van der Waals surface area contributed by atoms with E-state index in [4.69, 9.17) is 4.98 Å². The molecule has 0 saturated carbocycles. The molecule has 76 valence electrons. The van der Waals surface area contributed by atoms with Crippen LogP contribution in [0.3, 0.4) is 0 Å². The maximum Gasteiger partial charge on any atom is 0.0517 e. The minimum atomic E-state index is 0.982. The van der Waals surface area contributed by atoms with Crippen molar-refractivity contribution in [2.24, 2.45) is 0 Å². The maximum absolute atomic E-state index is 4.81. The van der Waals surface area contributed by atoms with Gasteiger partial charge in [0.25, 0.3) is 0 Å². The summed E-state index contributed by atoms with van der Waals surface area (Å²) in [5, 5.41) is 0. The molecule has 0 aliphatic heterocycles. The number of nitrogens with zero attached hydrogens (tertiary/aromatic N) is 1. The molecule has 0 saturated heterocycles. The average Bonchev–Trinajstić information content (AvgIpc) is 2.50. The Labute approximate surface area is 90.5 Å². The van der Waals surface area contributed by atoms with Crippen LogP contribution in [0.25, 0.3) is 6.08 Å². The van der Waals surface area contributed by atoms with Gasteiger partial charge in [-0.15, -0.1) is 0 Å². The Hall–Kier alpha value is -1.37. The Morgan fingerprint density at radius 2 is 1.93 bits per heavy atom. The van der Waals surface area contributed by atoms with E-state index in [1.807, 2.05) is 0 Å². The Kier molecular flexibility index (Phi) is 2.17. The zero-order valence-corrected chi connectivity index (χ0v) is 8.87. The van der Waals surface area contributed by atoms with Crippen molar-refractivity contribution in [1.29, 1.82) is 0 Å². The third-order valence-electron chi connectivity index (χ3n) is 3.25. The van der Waals surface area contributed by atoms with E-state index in [1.54, 1.807) is 0 Å². The van der Waals surface area contributed by atoms with Gasteiger partial charge in [-0.2, -0.15) is 0 Å². The van der Waals surface area contributed by atoms with E-state index in [1.165, 1.54) is 48.2 Å². The van der Waals surface area contributed by atoms with Crippen molar-refractivity contribution >= 4 is 6.08 Å². The van der Waals surface area contributed by atoms with Crippen LogP contribution < -0.4 is 0 Å². The molecule has 0 atom stereocenters. The molecule has 2 aliphatic rings.